The van der Waals surface area contributed by atoms with Gasteiger partial charge in [-0.3, -0.25) is 0 Å². The number of nitrogens with zero attached hydrogens (tertiary/aromatic N) is 3. The zero-order chi connectivity index (χ0) is 37.3. The van der Waals surface area contributed by atoms with Gasteiger partial charge in [-0.15, -0.1) is 0 Å². The van der Waals surface area contributed by atoms with Gasteiger partial charge in [-0.1, -0.05) is 194 Å². The molecule has 0 saturated carbocycles. The van der Waals surface area contributed by atoms with E-state index >= 15 is 0 Å². The van der Waals surface area contributed by atoms with Crippen LogP contribution in [-0.4, -0.2) is 15.0 Å². The lowest BCUT2D eigenvalue weighted by Crippen LogP contribution is -2.34. The van der Waals surface area contributed by atoms with Crippen molar-refractivity contribution in [2.45, 2.75) is 5.41 Å². The molecule has 0 amide bonds. The van der Waals surface area contributed by atoms with E-state index in [9.17, 15) is 0 Å². The number of para-hydroxylation sites is 2. The zero-order valence-electron chi connectivity index (χ0n) is 30.5. The maximum atomic E-state index is 6.97. The highest BCUT2D eigenvalue weighted by Gasteiger charge is 2.45. The van der Waals surface area contributed by atoms with E-state index in [0.717, 1.165) is 61.6 Å². The largest absolute Gasteiger partial charge is 0.456 e. The highest BCUT2D eigenvalue weighted by atomic mass is 16.5. The average Bonchev–Trinajstić information content (AvgIpc) is 3.29. The van der Waals surface area contributed by atoms with Crippen molar-refractivity contribution in [2.24, 2.45) is 0 Å². The predicted octanol–water partition coefficient (Wildman–Crippen LogP) is 12.7. The molecule has 0 bridgehead atoms. The smallest absolute Gasteiger partial charge is 0.164 e. The van der Waals surface area contributed by atoms with Crippen molar-refractivity contribution < 1.29 is 4.74 Å². The number of fused-ring (bicyclic) bond motifs is 2. The second-order valence-corrected chi connectivity index (χ2v) is 14.0. The van der Waals surface area contributed by atoms with Gasteiger partial charge in [0.2, 0.25) is 0 Å². The number of rotatable bonds is 7. The summed E-state index contributed by atoms with van der Waals surface area (Å²) >= 11 is 0. The first-order valence-electron chi connectivity index (χ1n) is 18.9. The van der Waals surface area contributed by atoms with E-state index in [0.29, 0.717) is 17.5 Å². The van der Waals surface area contributed by atoms with Crippen LogP contribution in [0, 0.1) is 0 Å². The third kappa shape index (κ3) is 5.76. The minimum Gasteiger partial charge on any atom is -0.456 e. The molecule has 10 rings (SSSR count). The molecule has 264 valence electrons. The Morgan fingerprint density at radius 3 is 1.38 bits per heavy atom. The number of hydrogen-bond acceptors (Lipinski definition) is 4. The van der Waals surface area contributed by atoms with Crippen LogP contribution in [0.25, 0.3) is 56.4 Å². The average molecular weight is 718 g/mol. The second kappa shape index (κ2) is 14.1. The Balaban J connectivity index is 1.15. The van der Waals surface area contributed by atoms with Gasteiger partial charge < -0.3 is 4.74 Å². The summed E-state index contributed by atoms with van der Waals surface area (Å²) in [5.74, 6) is 3.50. The molecule has 0 radical (unpaired) electrons. The molecule has 4 heteroatoms. The van der Waals surface area contributed by atoms with Gasteiger partial charge in [0.05, 0.1) is 5.41 Å². The summed E-state index contributed by atoms with van der Waals surface area (Å²) in [6, 6.07) is 73.8. The molecule has 0 atom stereocenters. The number of ether oxygens (including phenoxy) is 1. The molecule has 2 heterocycles. The summed E-state index contributed by atoms with van der Waals surface area (Å²) in [4.78, 5) is 15.2. The lowest BCUT2D eigenvalue weighted by molar-refractivity contribution is 0.436. The summed E-state index contributed by atoms with van der Waals surface area (Å²) in [5, 5.41) is 0. The summed E-state index contributed by atoms with van der Waals surface area (Å²) in [6.45, 7) is 0. The van der Waals surface area contributed by atoms with Gasteiger partial charge in [0.25, 0.3) is 0 Å². The summed E-state index contributed by atoms with van der Waals surface area (Å²) < 4.78 is 6.97. The normalized spacial score (nSPS) is 12.6. The van der Waals surface area contributed by atoms with Crippen LogP contribution < -0.4 is 4.74 Å². The molecular formula is C52H35N3O. The van der Waals surface area contributed by atoms with Gasteiger partial charge >= 0.3 is 0 Å². The van der Waals surface area contributed by atoms with Crippen molar-refractivity contribution in [3.8, 4) is 67.9 Å². The van der Waals surface area contributed by atoms with Crippen molar-refractivity contribution in [2.75, 3.05) is 0 Å². The van der Waals surface area contributed by atoms with E-state index in [1.165, 1.54) is 11.1 Å². The Hall–Kier alpha value is -7.43. The monoisotopic (exact) mass is 717 g/mol. The highest BCUT2D eigenvalue weighted by molar-refractivity contribution is 5.82. The topological polar surface area (TPSA) is 47.9 Å². The minimum absolute atomic E-state index is 0.597. The Labute approximate surface area is 326 Å². The minimum atomic E-state index is -0.609. The van der Waals surface area contributed by atoms with Gasteiger partial charge in [-0.2, -0.15) is 0 Å². The molecule has 0 N–H and O–H groups in total. The molecule has 1 aliphatic heterocycles. The maximum absolute atomic E-state index is 6.97. The van der Waals surface area contributed by atoms with E-state index in [2.05, 4.69) is 170 Å². The molecule has 8 aromatic carbocycles. The number of benzene rings is 8. The van der Waals surface area contributed by atoms with E-state index in [-0.39, 0.29) is 0 Å². The Bertz CT molecular complexity index is 2780. The van der Waals surface area contributed by atoms with Crippen molar-refractivity contribution in [1.29, 1.82) is 0 Å². The molecule has 1 aromatic heterocycles. The van der Waals surface area contributed by atoms with Crippen molar-refractivity contribution in [3.63, 3.8) is 0 Å². The Morgan fingerprint density at radius 1 is 0.321 bits per heavy atom. The lowest BCUT2D eigenvalue weighted by atomic mass is 9.63. The summed E-state index contributed by atoms with van der Waals surface area (Å²) in [6.07, 6.45) is 0. The van der Waals surface area contributed by atoms with E-state index in [1.54, 1.807) is 0 Å². The third-order valence-electron chi connectivity index (χ3n) is 10.7. The summed E-state index contributed by atoms with van der Waals surface area (Å²) in [7, 11) is 0. The predicted molar refractivity (Wildman–Crippen MR) is 225 cm³/mol. The van der Waals surface area contributed by atoms with Gasteiger partial charge in [-0.25, -0.2) is 15.0 Å². The molecule has 1 aliphatic rings. The number of aromatic nitrogens is 3. The van der Waals surface area contributed by atoms with Crippen molar-refractivity contribution >= 4 is 0 Å². The van der Waals surface area contributed by atoms with Crippen LogP contribution in [0.3, 0.4) is 0 Å². The fourth-order valence-corrected chi connectivity index (χ4v) is 8.10. The first-order chi connectivity index (χ1) is 27.8. The number of hydrogen-bond donors (Lipinski definition) is 0. The van der Waals surface area contributed by atoms with Gasteiger partial charge in [0, 0.05) is 33.4 Å². The molecule has 9 aromatic rings. The van der Waals surface area contributed by atoms with Crippen LogP contribution in [0.2, 0.25) is 0 Å². The van der Waals surface area contributed by atoms with E-state index in [4.69, 9.17) is 19.7 Å². The first kappa shape index (κ1) is 33.2. The standard InChI is InChI=1S/C52H35N3O/c1-5-18-36(19-6-1)38-22-15-24-40(34-38)50-53-49(37-20-7-2-8-21-37)54-51(55-50)41-25-16-23-39(35-41)44-30-17-32-46-48(44)56-47-33-14-13-31-45(47)52(46,42-26-9-3-10-27-42)43-28-11-4-12-29-43/h1-35H. The molecule has 0 fully saturated rings. The SMILES string of the molecule is c1ccc(-c2cccc(-c3nc(-c4ccccc4)nc(-c4cccc(-c5cccc6c5Oc5ccccc5C6(c5ccccc5)c5ccccc5)c4)n3)c2)cc1. The van der Waals surface area contributed by atoms with Crippen molar-refractivity contribution in [3.05, 3.63) is 235 Å². The van der Waals surface area contributed by atoms with Gasteiger partial charge in [0.1, 0.15) is 11.5 Å². The Kier molecular flexibility index (Phi) is 8.34. The van der Waals surface area contributed by atoms with Crippen LogP contribution in [0.4, 0.5) is 0 Å². The molecule has 0 unspecified atom stereocenters. The third-order valence-corrected chi connectivity index (χ3v) is 10.7. The molecular weight excluding hydrogens is 683 g/mol. The molecule has 0 aliphatic carbocycles. The van der Waals surface area contributed by atoms with Gasteiger partial charge in [-0.05, 0) is 46.0 Å². The van der Waals surface area contributed by atoms with E-state index in [1.807, 2.05) is 42.5 Å². The quantitative estimate of drug-likeness (QED) is 0.165. The molecule has 0 spiro atoms. The zero-order valence-corrected chi connectivity index (χ0v) is 30.5. The summed E-state index contributed by atoms with van der Waals surface area (Å²) in [5.41, 5.74) is 10.9. The Morgan fingerprint density at radius 2 is 0.750 bits per heavy atom. The van der Waals surface area contributed by atoms with Crippen molar-refractivity contribution in [1.82, 2.24) is 15.0 Å². The second-order valence-electron chi connectivity index (χ2n) is 14.0. The van der Waals surface area contributed by atoms with E-state index < -0.39 is 5.41 Å². The fourth-order valence-electron chi connectivity index (χ4n) is 8.10. The molecule has 0 saturated heterocycles. The van der Waals surface area contributed by atoms with Crippen LogP contribution >= 0.6 is 0 Å². The fraction of sp³-hybridized carbons (Fsp3) is 0.0192. The van der Waals surface area contributed by atoms with Crippen LogP contribution in [-0.2, 0) is 5.41 Å². The lowest BCUT2D eigenvalue weighted by Gasteiger charge is -2.42. The molecule has 4 nitrogen and oxygen atoms in total. The van der Waals surface area contributed by atoms with Crippen LogP contribution in [0.15, 0.2) is 212 Å². The van der Waals surface area contributed by atoms with Crippen LogP contribution in [0.5, 0.6) is 11.5 Å². The molecule has 56 heavy (non-hydrogen) atoms. The highest BCUT2D eigenvalue weighted by Crippen LogP contribution is 2.57. The van der Waals surface area contributed by atoms with Gasteiger partial charge in [0.15, 0.2) is 17.5 Å². The van der Waals surface area contributed by atoms with Crippen LogP contribution in [0.1, 0.15) is 22.3 Å². The first-order valence-corrected chi connectivity index (χ1v) is 18.9. The maximum Gasteiger partial charge on any atom is 0.164 e.